The molecule has 0 radical (unpaired) electrons. The Labute approximate surface area is 167 Å². The Morgan fingerprint density at radius 3 is 2.24 bits per heavy atom. The molecule has 0 bridgehead atoms. The van der Waals surface area contributed by atoms with Crippen molar-refractivity contribution in [3.63, 3.8) is 0 Å². The first-order valence-corrected chi connectivity index (χ1v) is 9.33. The Bertz CT molecular complexity index is 1290. The second-order valence-corrected chi connectivity index (χ2v) is 6.83. The van der Waals surface area contributed by atoms with E-state index >= 15 is 0 Å². The van der Waals surface area contributed by atoms with E-state index in [9.17, 15) is 4.39 Å². The quantitative estimate of drug-likeness (QED) is 0.411. The number of pyridine rings is 1. The van der Waals surface area contributed by atoms with Gasteiger partial charge in [0.2, 0.25) is 0 Å². The summed E-state index contributed by atoms with van der Waals surface area (Å²) in [5.41, 5.74) is 7.16. The zero-order valence-corrected chi connectivity index (χ0v) is 15.7. The van der Waals surface area contributed by atoms with Crippen LogP contribution in [0.5, 0.6) is 0 Å². The number of benzene rings is 2. The van der Waals surface area contributed by atoms with Crippen LogP contribution in [0.2, 0.25) is 0 Å². The predicted octanol–water partition coefficient (Wildman–Crippen LogP) is 5.57. The average molecular weight is 380 g/mol. The van der Waals surface area contributed by atoms with E-state index in [2.05, 4.69) is 4.98 Å². The van der Waals surface area contributed by atoms with Crippen LogP contribution in [0.1, 0.15) is 5.69 Å². The molecule has 0 saturated heterocycles. The van der Waals surface area contributed by atoms with Gasteiger partial charge in [0.15, 0.2) is 5.65 Å². The van der Waals surface area contributed by atoms with Gasteiger partial charge in [-0.25, -0.2) is 13.9 Å². The molecule has 2 aromatic carbocycles. The van der Waals surface area contributed by atoms with E-state index in [0.717, 1.165) is 45.0 Å². The molecule has 0 aliphatic heterocycles. The number of nitrogens with zero attached hydrogens (tertiary/aromatic N) is 4. The number of hydrogen-bond acceptors (Lipinski definition) is 3. The van der Waals surface area contributed by atoms with E-state index in [4.69, 9.17) is 10.1 Å². The van der Waals surface area contributed by atoms with E-state index in [1.807, 2.05) is 60.0 Å². The van der Waals surface area contributed by atoms with Crippen LogP contribution >= 0.6 is 0 Å². The summed E-state index contributed by atoms with van der Waals surface area (Å²) < 4.78 is 15.3. The minimum atomic E-state index is -0.265. The van der Waals surface area contributed by atoms with Gasteiger partial charge < -0.3 is 0 Å². The Hall–Kier alpha value is -3.86. The molecule has 140 valence electrons. The minimum absolute atomic E-state index is 0.265. The number of rotatable bonds is 3. The van der Waals surface area contributed by atoms with Crippen molar-refractivity contribution in [3.8, 4) is 33.6 Å². The maximum absolute atomic E-state index is 13.5. The molecule has 5 aromatic rings. The van der Waals surface area contributed by atoms with E-state index in [-0.39, 0.29) is 5.82 Å². The number of halogens is 1. The van der Waals surface area contributed by atoms with Crippen molar-refractivity contribution in [1.82, 2.24) is 19.6 Å². The Kier molecular flexibility index (Phi) is 4.13. The topological polar surface area (TPSA) is 43.1 Å². The van der Waals surface area contributed by atoms with Crippen molar-refractivity contribution in [2.45, 2.75) is 6.92 Å². The van der Waals surface area contributed by atoms with E-state index in [0.29, 0.717) is 0 Å². The smallest absolute Gasteiger partial charge is 0.164 e. The summed E-state index contributed by atoms with van der Waals surface area (Å²) in [5, 5.41) is 4.76. The first-order chi connectivity index (χ1) is 14.2. The number of aryl methyl sites for hydroxylation is 1. The lowest BCUT2D eigenvalue weighted by atomic mass is 10.0. The molecule has 5 heteroatoms. The molecule has 0 aliphatic rings. The third-order valence-electron chi connectivity index (χ3n) is 4.94. The van der Waals surface area contributed by atoms with Crippen molar-refractivity contribution < 1.29 is 4.39 Å². The standard InChI is InChI=1S/C24H17FN4/c1-16-23(19-7-9-20(25)10-8-19)24-27-21(17-5-3-2-4-6-17)15-22(29(24)28-16)18-11-13-26-14-12-18/h2-15H,1H3. The maximum atomic E-state index is 13.5. The van der Waals surface area contributed by atoms with Crippen molar-refractivity contribution in [2.75, 3.05) is 0 Å². The van der Waals surface area contributed by atoms with Gasteiger partial charge in [0.1, 0.15) is 5.82 Å². The summed E-state index contributed by atoms with van der Waals surface area (Å²) in [4.78, 5) is 9.07. The van der Waals surface area contributed by atoms with Crippen LogP contribution in [0.3, 0.4) is 0 Å². The van der Waals surface area contributed by atoms with Gasteiger partial charge in [-0.15, -0.1) is 0 Å². The van der Waals surface area contributed by atoms with Gasteiger partial charge in [-0.2, -0.15) is 5.10 Å². The van der Waals surface area contributed by atoms with Crippen molar-refractivity contribution in [2.24, 2.45) is 0 Å². The third kappa shape index (κ3) is 3.06. The highest BCUT2D eigenvalue weighted by Gasteiger charge is 2.18. The maximum Gasteiger partial charge on any atom is 0.164 e. The fraction of sp³-hybridized carbons (Fsp3) is 0.0417. The largest absolute Gasteiger partial charge is 0.265 e. The Morgan fingerprint density at radius 1 is 0.793 bits per heavy atom. The molecule has 3 aromatic heterocycles. The van der Waals surface area contributed by atoms with Crippen molar-refractivity contribution >= 4 is 5.65 Å². The van der Waals surface area contributed by atoms with Gasteiger partial charge in [0, 0.05) is 29.1 Å². The van der Waals surface area contributed by atoms with Gasteiger partial charge in [-0.3, -0.25) is 4.98 Å². The Morgan fingerprint density at radius 2 is 1.52 bits per heavy atom. The highest BCUT2D eigenvalue weighted by molar-refractivity contribution is 5.83. The molecule has 0 unspecified atom stereocenters. The molecule has 0 N–H and O–H groups in total. The first-order valence-electron chi connectivity index (χ1n) is 9.33. The summed E-state index contributed by atoms with van der Waals surface area (Å²) >= 11 is 0. The predicted molar refractivity (Wildman–Crippen MR) is 112 cm³/mol. The first kappa shape index (κ1) is 17.3. The number of aromatic nitrogens is 4. The fourth-order valence-electron chi connectivity index (χ4n) is 3.56. The van der Waals surface area contributed by atoms with Crippen molar-refractivity contribution in [3.05, 3.63) is 96.7 Å². The molecule has 29 heavy (non-hydrogen) atoms. The van der Waals surface area contributed by atoms with Crippen LogP contribution in [0.4, 0.5) is 4.39 Å². The molecule has 0 atom stereocenters. The molecule has 3 heterocycles. The highest BCUT2D eigenvalue weighted by Crippen LogP contribution is 2.33. The lowest BCUT2D eigenvalue weighted by Crippen LogP contribution is -1.99. The summed E-state index contributed by atoms with van der Waals surface area (Å²) in [6.45, 7) is 1.95. The van der Waals surface area contributed by atoms with Crippen LogP contribution in [0, 0.1) is 12.7 Å². The van der Waals surface area contributed by atoms with Crippen LogP contribution in [-0.4, -0.2) is 19.6 Å². The molecule has 5 rings (SSSR count). The molecule has 0 fully saturated rings. The summed E-state index contributed by atoms with van der Waals surface area (Å²) in [6.07, 6.45) is 3.53. The summed E-state index contributed by atoms with van der Waals surface area (Å²) in [5.74, 6) is -0.265. The summed E-state index contributed by atoms with van der Waals surface area (Å²) in [7, 11) is 0. The number of hydrogen-bond donors (Lipinski definition) is 0. The third-order valence-corrected chi connectivity index (χ3v) is 4.94. The monoisotopic (exact) mass is 380 g/mol. The molecular weight excluding hydrogens is 363 g/mol. The van der Waals surface area contributed by atoms with Gasteiger partial charge in [-0.1, -0.05) is 42.5 Å². The zero-order valence-electron chi connectivity index (χ0n) is 15.7. The van der Waals surface area contributed by atoms with Gasteiger partial charge in [0.05, 0.1) is 17.1 Å². The van der Waals surface area contributed by atoms with Gasteiger partial charge >= 0.3 is 0 Å². The second-order valence-electron chi connectivity index (χ2n) is 6.83. The van der Waals surface area contributed by atoms with E-state index in [1.165, 1.54) is 12.1 Å². The van der Waals surface area contributed by atoms with E-state index in [1.54, 1.807) is 24.5 Å². The molecule has 0 amide bonds. The molecular formula is C24H17FN4. The second kappa shape index (κ2) is 6.95. The highest BCUT2D eigenvalue weighted by atomic mass is 19.1. The SMILES string of the molecule is Cc1nn2c(-c3ccncc3)cc(-c3ccccc3)nc2c1-c1ccc(F)cc1. The minimum Gasteiger partial charge on any atom is -0.265 e. The van der Waals surface area contributed by atoms with Crippen LogP contribution in [-0.2, 0) is 0 Å². The summed E-state index contributed by atoms with van der Waals surface area (Å²) in [6, 6.07) is 22.5. The normalized spacial score (nSPS) is 11.1. The average Bonchev–Trinajstić information content (AvgIpc) is 3.10. The fourth-order valence-corrected chi connectivity index (χ4v) is 3.56. The molecule has 0 saturated carbocycles. The molecule has 0 spiro atoms. The Balaban J connectivity index is 1.84. The zero-order chi connectivity index (χ0) is 19.8. The van der Waals surface area contributed by atoms with Crippen LogP contribution < -0.4 is 0 Å². The van der Waals surface area contributed by atoms with Gasteiger partial charge in [-0.05, 0) is 42.8 Å². The van der Waals surface area contributed by atoms with Crippen LogP contribution in [0.25, 0.3) is 39.3 Å². The van der Waals surface area contributed by atoms with E-state index < -0.39 is 0 Å². The number of fused-ring (bicyclic) bond motifs is 1. The van der Waals surface area contributed by atoms with Gasteiger partial charge in [0.25, 0.3) is 0 Å². The van der Waals surface area contributed by atoms with Crippen molar-refractivity contribution in [1.29, 1.82) is 0 Å². The lowest BCUT2D eigenvalue weighted by molar-refractivity contribution is 0.628. The lowest BCUT2D eigenvalue weighted by Gasteiger charge is -2.09. The van der Waals surface area contributed by atoms with Crippen LogP contribution in [0.15, 0.2) is 85.2 Å². The molecule has 4 nitrogen and oxygen atoms in total. The molecule has 0 aliphatic carbocycles.